The number of ether oxygens (including phenoxy) is 1. The van der Waals surface area contributed by atoms with Crippen molar-refractivity contribution in [1.29, 1.82) is 0 Å². The van der Waals surface area contributed by atoms with Gasteiger partial charge in [-0.25, -0.2) is 4.79 Å². The van der Waals surface area contributed by atoms with Crippen LogP contribution in [0.1, 0.15) is 59.3 Å². The molecule has 1 amide bonds. The van der Waals surface area contributed by atoms with Crippen LogP contribution in [-0.4, -0.2) is 40.8 Å². The van der Waals surface area contributed by atoms with Crippen LogP contribution in [0.2, 0.25) is 0 Å². The van der Waals surface area contributed by atoms with Crippen LogP contribution in [0.4, 0.5) is 4.79 Å². The number of carboxylic acids is 1. The summed E-state index contributed by atoms with van der Waals surface area (Å²) in [7, 11) is 0. The minimum atomic E-state index is -0.775. The highest BCUT2D eigenvalue weighted by molar-refractivity contribution is 5.75. The van der Waals surface area contributed by atoms with Gasteiger partial charge in [-0.15, -0.1) is 0 Å². The van der Waals surface area contributed by atoms with E-state index in [0.29, 0.717) is 6.54 Å². The molecule has 0 aromatic rings. The minimum absolute atomic E-state index is 0.251. The molecule has 1 saturated carbocycles. The number of hydrogen-bond donors (Lipinski definition) is 1. The van der Waals surface area contributed by atoms with Crippen LogP contribution in [0.25, 0.3) is 0 Å². The molecular formula is C16H27NO4. The molecule has 5 nitrogen and oxygen atoms in total. The van der Waals surface area contributed by atoms with Crippen LogP contribution in [-0.2, 0) is 9.53 Å². The van der Waals surface area contributed by atoms with Crippen LogP contribution in [0.3, 0.4) is 0 Å². The summed E-state index contributed by atoms with van der Waals surface area (Å²) in [6.45, 7) is 6.30. The van der Waals surface area contributed by atoms with E-state index in [-0.39, 0.29) is 18.1 Å². The lowest BCUT2D eigenvalue weighted by atomic mass is 9.72. The fourth-order valence-electron chi connectivity index (χ4n) is 3.71. The highest BCUT2D eigenvalue weighted by Crippen LogP contribution is 2.47. The molecule has 2 rings (SSSR count). The van der Waals surface area contributed by atoms with E-state index >= 15 is 0 Å². The highest BCUT2D eigenvalue weighted by atomic mass is 16.6. The molecule has 21 heavy (non-hydrogen) atoms. The lowest BCUT2D eigenvalue weighted by Crippen LogP contribution is -2.37. The number of amides is 1. The molecule has 1 saturated heterocycles. The predicted octanol–water partition coefficient (Wildman–Crippen LogP) is 3.28. The Balaban J connectivity index is 2.14. The molecule has 5 heteroatoms. The smallest absolute Gasteiger partial charge is 0.410 e. The maximum absolute atomic E-state index is 12.3. The zero-order chi connectivity index (χ0) is 15.7. The molecule has 0 aromatic carbocycles. The molecule has 0 bridgehead atoms. The second kappa shape index (κ2) is 5.85. The zero-order valence-electron chi connectivity index (χ0n) is 13.4. The average molecular weight is 297 g/mol. The lowest BCUT2D eigenvalue weighted by Gasteiger charge is -2.31. The SMILES string of the molecule is CC(C)(C)OC(=O)N1CC(C(=O)O)C2(CCCCCC2)C1. The Morgan fingerprint density at radius 2 is 1.71 bits per heavy atom. The lowest BCUT2D eigenvalue weighted by molar-refractivity contribution is -0.145. The molecule has 1 unspecified atom stereocenters. The number of likely N-dealkylation sites (tertiary alicyclic amines) is 1. The zero-order valence-corrected chi connectivity index (χ0v) is 13.4. The normalized spacial score (nSPS) is 25.7. The Kier molecular flexibility index (Phi) is 4.49. The number of carboxylic acid groups (broad SMARTS) is 1. The van der Waals surface area contributed by atoms with Gasteiger partial charge in [0.25, 0.3) is 0 Å². The van der Waals surface area contributed by atoms with Gasteiger partial charge in [-0.05, 0) is 33.6 Å². The van der Waals surface area contributed by atoms with Crippen LogP contribution in [0, 0.1) is 11.3 Å². The molecule has 2 fully saturated rings. The summed E-state index contributed by atoms with van der Waals surface area (Å²) in [5.74, 6) is -1.23. The molecule has 2 aliphatic rings. The third-order valence-electron chi connectivity index (χ3n) is 4.70. The molecule has 0 aromatic heterocycles. The second-order valence-corrected chi connectivity index (χ2v) is 7.53. The third kappa shape index (κ3) is 3.69. The van der Waals surface area contributed by atoms with Gasteiger partial charge in [0, 0.05) is 18.5 Å². The van der Waals surface area contributed by atoms with Crippen molar-refractivity contribution in [3.63, 3.8) is 0 Å². The maximum atomic E-state index is 12.3. The third-order valence-corrected chi connectivity index (χ3v) is 4.70. The summed E-state index contributed by atoms with van der Waals surface area (Å²) in [5, 5.41) is 9.58. The Morgan fingerprint density at radius 3 is 2.19 bits per heavy atom. The van der Waals surface area contributed by atoms with E-state index in [9.17, 15) is 14.7 Å². The molecular weight excluding hydrogens is 270 g/mol. The maximum Gasteiger partial charge on any atom is 0.410 e. The van der Waals surface area contributed by atoms with Crippen LogP contribution in [0.5, 0.6) is 0 Å². The van der Waals surface area contributed by atoms with Crippen molar-refractivity contribution in [3.8, 4) is 0 Å². The number of nitrogens with zero attached hydrogens (tertiary/aromatic N) is 1. The van der Waals surface area contributed by atoms with Gasteiger partial charge in [-0.2, -0.15) is 0 Å². The summed E-state index contributed by atoms with van der Waals surface area (Å²) in [5.41, 5.74) is -0.797. The summed E-state index contributed by atoms with van der Waals surface area (Å²) < 4.78 is 5.41. The van der Waals surface area contributed by atoms with Crippen molar-refractivity contribution in [2.75, 3.05) is 13.1 Å². The largest absolute Gasteiger partial charge is 0.481 e. The van der Waals surface area contributed by atoms with Gasteiger partial charge in [0.05, 0.1) is 5.92 Å². The van der Waals surface area contributed by atoms with Gasteiger partial charge in [0.2, 0.25) is 0 Å². The summed E-state index contributed by atoms with van der Waals surface area (Å²) >= 11 is 0. The van der Waals surface area contributed by atoms with E-state index in [2.05, 4.69) is 0 Å². The number of aliphatic carboxylic acids is 1. The molecule has 1 aliphatic heterocycles. The van der Waals surface area contributed by atoms with E-state index < -0.39 is 17.5 Å². The van der Waals surface area contributed by atoms with E-state index in [0.717, 1.165) is 25.7 Å². The van der Waals surface area contributed by atoms with Crippen molar-refractivity contribution >= 4 is 12.1 Å². The standard InChI is InChI=1S/C16H27NO4/c1-15(2,3)21-14(20)17-10-12(13(18)19)16(11-17)8-6-4-5-7-9-16/h12H,4-11H2,1-3H3,(H,18,19). The molecule has 1 spiro atoms. The Morgan fingerprint density at radius 1 is 1.14 bits per heavy atom. The number of carbonyl (C=O) groups excluding carboxylic acids is 1. The van der Waals surface area contributed by atoms with E-state index in [4.69, 9.17) is 4.74 Å². The van der Waals surface area contributed by atoms with Crippen molar-refractivity contribution in [1.82, 2.24) is 4.90 Å². The topological polar surface area (TPSA) is 66.8 Å². The summed E-state index contributed by atoms with van der Waals surface area (Å²) in [6.07, 6.45) is 5.89. The second-order valence-electron chi connectivity index (χ2n) is 7.53. The van der Waals surface area contributed by atoms with Crippen LogP contribution >= 0.6 is 0 Å². The summed E-state index contributed by atoms with van der Waals surface area (Å²) in [4.78, 5) is 25.5. The van der Waals surface area contributed by atoms with E-state index in [1.54, 1.807) is 4.90 Å². The first-order valence-electron chi connectivity index (χ1n) is 7.94. The van der Waals surface area contributed by atoms with Crippen molar-refractivity contribution in [3.05, 3.63) is 0 Å². The van der Waals surface area contributed by atoms with E-state index in [1.807, 2.05) is 20.8 Å². The van der Waals surface area contributed by atoms with E-state index in [1.165, 1.54) is 12.8 Å². The fraction of sp³-hybridized carbons (Fsp3) is 0.875. The van der Waals surface area contributed by atoms with Crippen molar-refractivity contribution < 1.29 is 19.4 Å². The van der Waals surface area contributed by atoms with Crippen molar-refractivity contribution in [2.24, 2.45) is 11.3 Å². The number of carbonyl (C=O) groups is 2. The first-order valence-corrected chi connectivity index (χ1v) is 7.94. The monoisotopic (exact) mass is 297 g/mol. The Labute approximate surface area is 126 Å². The molecule has 120 valence electrons. The predicted molar refractivity (Wildman–Crippen MR) is 79.1 cm³/mol. The van der Waals surface area contributed by atoms with Gasteiger partial charge < -0.3 is 14.7 Å². The van der Waals surface area contributed by atoms with Gasteiger partial charge in [0.15, 0.2) is 0 Å². The van der Waals surface area contributed by atoms with Crippen LogP contribution in [0.15, 0.2) is 0 Å². The molecule has 1 heterocycles. The highest BCUT2D eigenvalue weighted by Gasteiger charge is 2.51. The van der Waals surface area contributed by atoms with Gasteiger partial charge in [-0.1, -0.05) is 25.7 Å². The van der Waals surface area contributed by atoms with Crippen molar-refractivity contribution in [2.45, 2.75) is 64.9 Å². The Bertz CT molecular complexity index is 405. The van der Waals surface area contributed by atoms with Gasteiger partial charge in [0.1, 0.15) is 5.60 Å². The average Bonchev–Trinajstić information content (AvgIpc) is 2.55. The minimum Gasteiger partial charge on any atom is -0.481 e. The first-order chi connectivity index (χ1) is 9.73. The Hall–Kier alpha value is -1.26. The fourth-order valence-corrected chi connectivity index (χ4v) is 3.71. The first kappa shape index (κ1) is 16.1. The molecule has 1 atom stereocenters. The summed E-state index contributed by atoms with van der Waals surface area (Å²) in [6, 6.07) is 0. The molecule has 0 radical (unpaired) electrons. The van der Waals surface area contributed by atoms with Crippen LogP contribution < -0.4 is 0 Å². The quantitative estimate of drug-likeness (QED) is 0.806. The number of hydrogen-bond acceptors (Lipinski definition) is 3. The van der Waals surface area contributed by atoms with Gasteiger partial charge in [-0.3, -0.25) is 4.79 Å². The molecule has 1 N–H and O–H groups in total. The molecule has 1 aliphatic carbocycles. The van der Waals surface area contributed by atoms with Gasteiger partial charge >= 0.3 is 12.1 Å². The number of rotatable bonds is 1.